The second-order valence-electron chi connectivity index (χ2n) is 2.97. The smallest absolute Gasteiger partial charge is 0.209 e. The summed E-state index contributed by atoms with van der Waals surface area (Å²) < 4.78 is 5.53. The van der Waals surface area contributed by atoms with Gasteiger partial charge in [-0.05, 0) is 19.8 Å². The lowest BCUT2D eigenvalue weighted by atomic mass is 10.4. The molecule has 1 aromatic rings. The molecule has 1 heterocycles. The standard InChI is InChI=1S/C7H10N2O/c1-7(3-4-7)10-6-2-5-8-9-6/h2,5H,3-4H2,1H3,(H,8,9). The Bertz CT molecular complexity index is 214. The molecule has 1 aliphatic rings. The number of hydrogen-bond donors (Lipinski definition) is 1. The largest absolute Gasteiger partial charge is 0.472 e. The third kappa shape index (κ3) is 0.988. The molecule has 0 radical (unpaired) electrons. The molecule has 0 unspecified atom stereocenters. The Morgan fingerprint density at radius 2 is 2.50 bits per heavy atom. The summed E-state index contributed by atoms with van der Waals surface area (Å²) in [6.45, 7) is 2.10. The maximum Gasteiger partial charge on any atom is 0.209 e. The molecule has 0 atom stereocenters. The number of nitrogens with one attached hydrogen (secondary N) is 1. The van der Waals surface area contributed by atoms with Gasteiger partial charge in [0.15, 0.2) is 0 Å². The van der Waals surface area contributed by atoms with E-state index in [1.807, 2.05) is 6.07 Å². The minimum Gasteiger partial charge on any atom is -0.472 e. The van der Waals surface area contributed by atoms with E-state index in [0.717, 1.165) is 18.7 Å². The molecule has 0 saturated heterocycles. The van der Waals surface area contributed by atoms with Gasteiger partial charge in [-0.25, -0.2) is 5.10 Å². The normalized spacial score (nSPS) is 20.5. The Hall–Kier alpha value is -0.990. The summed E-state index contributed by atoms with van der Waals surface area (Å²) >= 11 is 0. The van der Waals surface area contributed by atoms with Crippen LogP contribution < -0.4 is 4.74 Å². The maximum absolute atomic E-state index is 5.53. The molecule has 0 bridgehead atoms. The molecule has 3 nitrogen and oxygen atoms in total. The van der Waals surface area contributed by atoms with Crippen LogP contribution in [-0.2, 0) is 0 Å². The molecule has 54 valence electrons. The Morgan fingerprint density at radius 1 is 1.70 bits per heavy atom. The second-order valence-corrected chi connectivity index (χ2v) is 2.97. The van der Waals surface area contributed by atoms with E-state index < -0.39 is 0 Å². The third-order valence-electron chi connectivity index (χ3n) is 1.79. The van der Waals surface area contributed by atoms with Crippen LogP contribution in [0.2, 0.25) is 0 Å². The van der Waals surface area contributed by atoms with Crippen molar-refractivity contribution in [3.8, 4) is 5.88 Å². The van der Waals surface area contributed by atoms with Crippen molar-refractivity contribution in [3.63, 3.8) is 0 Å². The Morgan fingerprint density at radius 3 is 3.00 bits per heavy atom. The Kier molecular flexibility index (Phi) is 1.01. The molecule has 1 aromatic heterocycles. The van der Waals surface area contributed by atoms with E-state index in [2.05, 4.69) is 17.1 Å². The van der Waals surface area contributed by atoms with Crippen molar-refractivity contribution in [1.82, 2.24) is 10.2 Å². The molecule has 0 aromatic carbocycles. The van der Waals surface area contributed by atoms with Crippen LogP contribution in [0.5, 0.6) is 5.88 Å². The van der Waals surface area contributed by atoms with Gasteiger partial charge in [-0.3, -0.25) is 0 Å². The van der Waals surface area contributed by atoms with E-state index >= 15 is 0 Å². The SMILES string of the molecule is CC1(Oc2ccn[nH]2)CC1. The van der Waals surface area contributed by atoms with Crippen LogP contribution in [0.1, 0.15) is 19.8 Å². The summed E-state index contributed by atoms with van der Waals surface area (Å²) in [5, 5.41) is 6.55. The second kappa shape index (κ2) is 1.75. The summed E-state index contributed by atoms with van der Waals surface area (Å²) in [4.78, 5) is 0. The van der Waals surface area contributed by atoms with E-state index in [9.17, 15) is 0 Å². The quantitative estimate of drug-likeness (QED) is 0.669. The fraction of sp³-hybridized carbons (Fsp3) is 0.571. The predicted molar refractivity (Wildman–Crippen MR) is 36.9 cm³/mol. The van der Waals surface area contributed by atoms with Crippen molar-refractivity contribution in [2.45, 2.75) is 25.4 Å². The first kappa shape index (κ1) is 5.77. The van der Waals surface area contributed by atoms with Crippen molar-refractivity contribution in [3.05, 3.63) is 12.3 Å². The molecule has 1 fully saturated rings. The van der Waals surface area contributed by atoms with E-state index in [-0.39, 0.29) is 5.60 Å². The van der Waals surface area contributed by atoms with Crippen LogP contribution in [-0.4, -0.2) is 15.8 Å². The van der Waals surface area contributed by atoms with Gasteiger partial charge in [0.2, 0.25) is 5.88 Å². The maximum atomic E-state index is 5.53. The van der Waals surface area contributed by atoms with Crippen molar-refractivity contribution in [2.75, 3.05) is 0 Å². The number of hydrogen-bond acceptors (Lipinski definition) is 2. The highest BCUT2D eigenvalue weighted by Gasteiger charge is 2.40. The van der Waals surface area contributed by atoms with Crippen LogP contribution in [0.25, 0.3) is 0 Å². The number of ether oxygens (including phenoxy) is 1. The van der Waals surface area contributed by atoms with Gasteiger partial charge in [0.1, 0.15) is 5.60 Å². The van der Waals surface area contributed by atoms with Crippen LogP contribution in [0, 0.1) is 0 Å². The first-order valence-corrected chi connectivity index (χ1v) is 3.47. The van der Waals surface area contributed by atoms with Gasteiger partial charge >= 0.3 is 0 Å². The monoisotopic (exact) mass is 138 g/mol. The van der Waals surface area contributed by atoms with Gasteiger partial charge < -0.3 is 4.74 Å². The first-order valence-electron chi connectivity index (χ1n) is 3.47. The molecule has 1 saturated carbocycles. The van der Waals surface area contributed by atoms with Crippen LogP contribution in [0.15, 0.2) is 12.3 Å². The summed E-state index contributed by atoms with van der Waals surface area (Å²) in [7, 11) is 0. The summed E-state index contributed by atoms with van der Waals surface area (Å²) in [6.07, 6.45) is 4.01. The molecule has 1 aliphatic carbocycles. The predicted octanol–water partition coefficient (Wildman–Crippen LogP) is 1.34. The molecule has 1 N–H and O–H groups in total. The summed E-state index contributed by atoms with van der Waals surface area (Å²) in [5.41, 5.74) is 0.104. The molecule has 0 aliphatic heterocycles. The minimum atomic E-state index is 0.104. The summed E-state index contributed by atoms with van der Waals surface area (Å²) in [6, 6.07) is 1.84. The molecule has 10 heavy (non-hydrogen) atoms. The third-order valence-corrected chi connectivity index (χ3v) is 1.79. The van der Waals surface area contributed by atoms with Gasteiger partial charge in [-0.1, -0.05) is 0 Å². The molecular weight excluding hydrogens is 128 g/mol. The van der Waals surface area contributed by atoms with Crippen LogP contribution >= 0.6 is 0 Å². The molecule has 3 heteroatoms. The van der Waals surface area contributed by atoms with Crippen LogP contribution in [0.4, 0.5) is 0 Å². The zero-order valence-corrected chi connectivity index (χ0v) is 5.92. The number of H-pyrrole nitrogens is 1. The minimum absolute atomic E-state index is 0.104. The van der Waals surface area contributed by atoms with Gasteiger partial charge in [0, 0.05) is 6.07 Å². The van der Waals surface area contributed by atoms with E-state index in [4.69, 9.17) is 4.74 Å². The van der Waals surface area contributed by atoms with E-state index in [0.29, 0.717) is 0 Å². The van der Waals surface area contributed by atoms with Crippen molar-refractivity contribution < 1.29 is 4.74 Å². The Labute approximate surface area is 59.4 Å². The molecule has 0 spiro atoms. The first-order chi connectivity index (χ1) is 4.79. The highest BCUT2D eigenvalue weighted by atomic mass is 16.5. The molecular formula is C7H10N2O. The van der Waals surface area contributed by atoms with E-state index in [1.165, 1.54) is 0 Å². The average Bonchev–Trinajstić information content (AvgIpc) is 2.47. The average molecular weight is 138 g/mol. The zero-order chi connectivity index (χ0) is 7.03. The van der Waals surface area contributed by atoms with Crippen molar-refractivity contribution in [1.29, 1.82) is 0 Å². The van der Waals surface area contributed by atoms with Crippen molar-refractivity contribution >= 4 is 0 Å². The van der Waals surface area contributed by atoms with Gasteiger partial charge in [0.05, 0.1) is 6.20 Å². The topological polar surface area (TPSA) is 37.9 Å². The number of nitrogens with zero attached hydrogens (tertiary/aromatic N) is 1. The highest BCUT2D eigenvalue weighted by molar-refractivity contribution is 5.09. The molecule has 0 amide bonds. The summed E-state index contributed by atoms with van der Waals surface area (Å²) in [5.74, 6) is 0.778. The number of rotatable bonds is 2. The van der Waals surface area contributed by atoms with Crippen molar-refractivity contribution in [2.24, 2.45) is 0 Å². The molecule has 2 rings (SSSR count). The highest BCUT2D eigenvalue weighted by Crippen LogP contribution is 2.38. The van der Waals surface area contributed by atoms with Gasteiger partial charge in [-0.2, -0.15) is 5.10 Å². The van der Waals surface area contributed by atoms with Gasteiger partial charge in [0.25, 0.3) is 0 Å². The Balaban J connectivity index is 2.04. The lowest BCUT2D eigenvalue weighted by Crippen LogP contribution is -2.12. The lowest BCUT2D eigenvalue weighted by Gasteiger charge is -2.08. The lowest BCUT2D eigenvalue weighted by molar-refractivity contribution is 0.191. The number of aromatic nitrogens is 2. The van der Waals surface area contributed by atoms with Crippen LogP contribution in [0.3, 0.4) is 0 Å². The number of aromatic amines is 1. The van der Waals surface area contributed by atoms with Gasteiger partial charge in [-0.15, -0.1) is 0 Å². The zero-order valence-electron chi connectivity index (χ0n) is 5.92. The fourth-order valence-corrected chi connectivity index (χ4v) is 0.844. The fourth-order valence-electron chi connectivity index (χ4n) is 0.844. The van der Waals surface area contributed by atoms with E-state index in [1.54, 1.807) is 6.20 Å².